The van der Waals surface area contributed by atoms with E-state index in [2.05, 4.69) is 15.6 Å². The molecule has 2 heterocycles. The maximum Gasteiger partial charge on any atom is 0.161 e. The Morgan fingerprint density at radius 3 is 1.92 bits per heavy atom. The molecule has 0 amide bonds. The molecule has 3 aromatic rings. The van der Waals surface area contributed by atoms with Gasteiger partial charge < -0.3 is 22.6 Å². The van der Waals surface area contributed by atoms with Crippen molar-refractivity contribution in [2.75, 3.05) is 22.6 Å². The van der Waals surface area contributed by atoms with Gasteiger partial charge in [0.1, 0.15) is 17.2 Å². The lowest BCUT2D eigenvalue weighted by Gasteiger charge is -1.99. The van der Waals surface area contributed by atoms with Gasteiger partial charge in [-0.15, -0.1) is 0 Å². The molecule has 1 aromatic carbocycles. The van der Waals surface area contributed by atoms with Gasteiger partial charge in [0.05, 0.1) is 11.4 Å². The molecule has 0 unspecified atom stereocenters. The third kappa shape index (κ3) is 3.25. The van der Waals surface area contributed by atoms with Crippen LogP contribution >= 0.6 is 0 Å². The molecular weight excluding hydrogens is 306 g/mol. The predicted octanol–water partition coefficient (Wildman–Crippen LogP) is 0.848. The molecule has 3 rings (SSSR count). The van der Waals surface area contributed by atoms with Crippen molar-refractivity contribution in [3.63, 3.8) is 0 Å². The first-order valence-corrected chi connectivity index (χ1v) is 7.25. The zero-order valence-electron chi connectivity index (χ0n) is 14.0. The van der Waals surface area contributed by atoms with E-state index in [1.165, 1.54) is 0 Å². The van der Waals surface area contributed by atoms with Crippen LogP contribution in [0.15, 0.2) is 30.3 Å². The van der Waals surface area contributed by atoms with Gasteiger partial charge in [0.2, 0.25) is 0 Å². The van der Waals surface area contributed by atoms with Crippen LogP contribution in [0.25, 0.3) is 11.3 Å². The predicted molar refractivity (Wildman–Crippen MR) is 97.6 cm³/mol. The molecule has 0 atom stereocenters. The fourth-order valence-corrected chi connectivity index (χ4v) is 2.21. The fraction of sp³-hybridized carbons (Fsp3) is 0.200. The number of aryl methyl sites for hydroxylation is 3. The number of nitrogens with zero attached hydrogens (tertiary/aromatic N) is 4. The lowest BCUT2D eigenvalue weighted by molar-refractivity contribution is 0.760. The van der Waals surface area contributed by atoms with Crippen LogP contribution in [0.1, 0.15) is 5.69 Å². The second-order valence-electron chi connectivity index (χ2n) is 5.25. The van der Waals surface area contributed by atoms with Gasteiger partial charge in [-0.05, 0) is 6.92 Å². The summed E-state index contributed by atoms with van der Waals surface area (Å²) in [5.41, 5.74) is 23.2. The summed E-state index contributed by atoms with van der Waals surface area (Å²) in [5.74, 6) is 6.33. The van der Waals surface area contributed by atoms with Gasteiger partial charge in [-0.2, -0.15) is 10.2 Å². The molecule has 0 fully saturated rings. The number of rotatable bonds is 2. The molecule has 2 aromatic heterocycles. The van der Waals surface area contributed by atoms with Crippen LogP contribution in [0.2, 0.25) is 0 Å². The summed E-state index contributed by atoms with van der Waals surface area (Å²) in [6.07, 6.45) is 0. The van der Waals surface area contributed by atoms with Gasteiger partial charge in [-0.25, -0.2) is 10.5 Å². The van der Waals surface area contributed by atoms with Crippen LogP contribution in [0.4, 0.5) is 23.0 Å². The number of aromatic nitrogens is 4. The van der Waals surface area contributed by atoms with Crippen molar-refractivity contribution < 1.29 is 0 Å². The number of nitrogens with one attached hydrogen (secondary N) is 1. The number of hydrogen-bond acceptors (Lipinski definition) is 7. The van der Waals surface area contributed by atoms with Crippen LogP contribution in [-0.2, 0) is 14.1 Å². The zero-order valence-corrected chi connectivity index (χ0v) is 14.0. The van der Waals surface area contributed by atoms with Crippen LogP contribution in [-0.4, -0.2) is 19.6 Å². The van der Waals surface area contributed by atoms with E-state index < -0.39 is 0 Å². The molecule has 0 aliphatic rings. The number of benzene rings is 1. The number of nitrogen functional groups attached to an aromatic ring is 4. The van der Waals surface area contributed by atoms with Crippen molar-refractivity contribution in [2.24, 2.45) is 19.9 Å². The summed E-state index contributed by atoms with van der Waals surface area (Å²) in [6.45, 7) is 1.83. The largest absolute Gasteiger partial charge is 0.394 e. The van der Waals surface area contributed by atoms with Gasteiger partial charge in [0.25, 0.3) is 0 Å². The first-order valence-electron chi connectivity index (χ1n) is 7.25. The summed E-state index contributed by atoms with van der Waals surface area (Å²) < 4.78 is 3.18. The topological polar surface area (TPSA) is 152 Å². The van der Waals surface area contributed by atoms with E-state index in [-0.39, 0.29) is 0 Å². The molecule has 0 aliphatic carbocycles. The highest BCUT2D eigenvalue weighted by atomic mass is 15.4. The monoisotopic (exact) mass is 329 g/mol. The SMILES string of the molecule is Cc1nn(C)c(NN)c1N.Cn1nc(-c2ccccc2)c(N)c1N. The number of hydrogen-bond donors (Lipinski definition) is 5. The third-order valence-electron chi connectivity index (χ3n) is 3.58. The molecule has 0 aliphatic heterocycles. The standard InChI is InChI=1S/C10H12N4.C5H11N5/c1-14-10(12)8(11)9(13-14)7-5-3-2-4-6-7;1-3-4(6)5(8-7)10(2)9-3/h2-6H,11-12H2,1H3;8H,6-7H2,1-2H3. The zero-order chi connectivity index (χ0) is 17.9. The van der Waals surface area contributed by atoms with E-state index in [1.54, 1.807) is 23.5 Å². The molecule has 0 saturated carbocycles. The molecule has 0 bridgehead atoms. The first-order chi connectivity index (χ1) is 11.4. The lowest BCUT2D eigenvalue weighted by Crippen LogP contribution is -2.12. The molecule has 9 N–H and O–H groups in total. The molecule has 0 spiro atoms. The third-order valence-corrected chi connectivity index (χ3v) is 3.58. The molecule has 0 saturated heterocycles. The van der Waals surface area contributed by atoms with Gasteiger partial charge in [0, 0.05) is 19.7 Å². The van der Waals surface area contributed by atoms with Crippen LogP contribution in [0.3, 0.4) is 0 Å². The van der Waals surface area contributed by atoms with Crippen LogP contribution in [0, 0.1) is 6.92 Å². The van der Waals surface area contributed by atoms with Crippen LogP contribution in [0.5, 0.6) is 0 Å². The Morgan fingerprint density at radius 2 is 1.54 bits per heavy atom. The van der Waals surface area contributed by atoms with Crippen molar-refractivity contribution >= 4 is 23.0 Å². The second kappa shape index (κ2) is 6.92. The highest BCUT2D eigenvalue weighted by molar-refractivity contribution is 5.80. The van der Waals surface area contributed by atoms with Gasteiger partial charge in [-0.3, -0.25) is 4.68 Å². The summed E-state index contributed by atoms with van der Waals surface area (Å²) >= 11 is 0. The summed E-state index contributed by atoms with van der Waals surface area (Å²) in [4.78, 5) is 0. The van der Waals surface area contributed by atoms with Crippen LogP contribution < -0.4 is 28.5 Å². The van der Waals surface area contributed by atoms with E-state index in [9.17, 15) is 0 Å². The van der Waals surface area contributed by atoms with Gasteiger partial charge in [0.15, 0.2) is 5.82 Å². The second-order valence-corrected chi connectivity index (χ2v) is 5.25. The lowest BCUT2D eigenvalue weighted by atomic mass is 10.1. The molecule has 24 heavy (non-hydrogen) atoms. The average Bonchev–Trinajstić information content (AvgIpc) is 2.98. The van der Waals surface area contributed by atoms with E-state index >= 15 is 0 Å². The Bertz CT molecular complexity index is 817. The minimum absolute atomic E-state index is 0.504. The summed E-state index contributed by atoms with van der Waals surface area (Å²) in [6, 6.07) is 9.75. The Balaban J connectivity index is 0.000000185. The van der Waals surface area contributed by atoms with Gasteiger partial charge >= 0.3 is 0 Å². The Labute approximate surface area is 140 Å². The molecule has 9 heteroatoms. The van der Waals surface area contributed by atoms with Crippen molar-refractivity contribution in [2.45, 2.75) is 6.92 Å². The average molecular weight is 329 g/mol. The van der Waals surface area contributed by atoms with E-state index in [1.807, 2.05) is 37.3 Å². The van der Waals surface area contributed by atoms with Crippen molar-refractivity contribution in [3.8, 4) is 11.3 Å². The Morgan fingerprint density at radius 1 is 0.917 bits per heavy atom. The maximum absolute atomic E-state index is 5.83. The highest BCUT2D eigenvalue weighted by Gasteiger charge is 2.11. The number of hydrazine groups is 1. The quantitative estimate of drug-likeness (QED) is 0.345. The van der Waals surface area contributed by atoms with E-state index in [0.29, 0.717) is 23.0 Å². The summed E-state index contributed by atoms with van der Waals surface area (Å²) in [5, 5.41) is 8.28. The number of nitrogens with two attached hydrogens (primary N) is 4. The van der Waals surface area contributed by atoms with E-state index in [4.69, 9.17) is 23.0 Å². The fourth-order valence-electron chi connectivity index (χ4n) is 2.21. The maximum atomic E-state index is 5.83. The minimum Gasteiger partial charge on any atom is -0.394 e. The molecule has 9 nitrogen and oxygen atoms in total. The Kier molecular flexibility index (Phi) is 4.95. The minimum atomic E-state index is 0.504. The molecule has 128 valence electrons. The van der Waals surface area contributed by atoms with Gasteiger partial charge in [-0.1, -0.05) is 30.3 Å². The van der Waals surface area contributed by atoms with E-state index in [0.717, 1.165) is 17.0 Å². The van der Waals surface area contributed by atoms with Crippen molar-refractivity contribution in [1.29, 1.82) is 0 Å². The molecular formula is C15H23N9. The first kappa shape index (κ1) is 17.2. The number of anilines is 4. The smallest absolute Gasteiger partial charge is 0.161 e. The summed E-state index contributed by atoms with van der Waals surface area (Å²) in [7, 11) is 3.55. The normalized spacial score (nSPS) is 10.2. The van der Waals surface area contributed by atoms with Crippen molar-refractivity contribution in [3.05, 3.63) is 36.0 Å². The Hall–Kier alpha value is -3.20. The molecule has 0 radical (unpaired) electrons. The van der Waals surface area contributed by atoms with Crippen molar-refractivity contribution in [1.82, 2.24) is 19.6 Å². The highest BCUT2D eigenvalue weighted by Crippen LogP contribution is 2.28.